The number of carbonyl (C=O) groups is 1. The smallest absolute Gasteiger partial charge is 0.255 e. The molecule has 22 heavy (non-hydrogen) atoms. The predicted molar refractivity (Wildman–Crippen MR) is 80.7 cm³/mol. The second-order valence-electron chi connectivity index (χ2n) is 6.37. The molecule has 6 nitrogen and oxygen atoms in total. The van der Waals surface area contributed by atoms with Gasteiger partial charge in [0.25, 0.3) is 5.91 Å². The molecule has 1 spiro atoms. The average Bonchev–Trinajstić information content (AvgIpc) is 2.54. The summed E-state index contributed by atoms with van der Waals surface area (Å²) in [5.41, 5.74) is 0.208. The van der Waals surface area contributed by atoms with Crippen molar-refractivity contribution in [2.24, 2.45) is 12.5 Å². The van der Waals surface area contributed by atoms with Gasteiger partial charge in [-0.3, -0.25) is 9.59 Å². The molecule has 1 amide bonds. The Morgan fingerprint density at radius 2 is 2.05 bits per heavy atom. The van der Waals surface area contributed by atoms with Crippen LogP contribution < -0.4 is 5.56 Å². The normalized spacial score (nSPS) is 26.8. The number of ether oxygens (including phenoxy) is 1. The van der Waals surface area contributed by atoms with E-state index in [0.29, 0.717) is 25.1 Å². The van der Waals surface area contributed by atoms with Crippen LogP contribution in [0.5, 0.6) is 0 Å². The van der Waals surface area contributed by atoms with Crippen molar-refractivity contribution in [3.63, 3.8) is 0 Å². The Labute approximate surface area is 129 Å². The third-order valence-corrected chi connectivity index (χ3v) is 5.34. The Kier molecular flexibility index (Phi) is 3.82. The highest BCUT2D eigenvalue weighted by Gasteiger charge is 2.56. The number of hydrogen-bond donors (Lipinski definition) is 1. The molecule has 1 aromatic heterocycles. The number of aliphatic hydroxyl groups excluding tert-OH is 1. The second-order valence-corrected chi connectivity index (χ2v) is 6.37. The van der Waals surface area contributed by atoms with Crippen molar-refractivity contribution in [1.29, 1.82) is 0 Å². The molecule has 0 unspecified atom stereocenters. The Morgan fingerprint density at radius 1 is 1.36 bits per heavy atom. The van der Waals surface area contributed by atoms with Crippen molar-refractivity contribution in [3.05, 3.63) is 34.2 Å². The monoisotopic (exact) mass is 306 g/mol. The molecule has 6 heteroatoms. The highest BCUT2D eigenvalue weighted by atomic mass is 16.5. The van der Waals surface area contributed by atoms with Gasteiger partial charge in [0.1, 0.15) is 0 Å². The number of likely N-dealkylation sites (tertiary alicyclic amines) is 1. The van der Waals surface area contributed by atoms with E-state index in [1.807, 2.05) is 0 Å². The minimum Gasteiger partial charge on any atom is -0.392 e. The van der Waals surface area contributed by atoms with E-state index in [1.165, 1.54) is 10.6 Å². The zero-order valence-electron chi connectivity index (χ0n) is 13.0. The van der Waals surface area contributed by atoms with Crippen LogP contribution in [0.3, 0.4) is 0 Å². The van der Waals surface area contributed by atoms with Crippen LogP contribution in [0.25, 0.3) is 0 Å². The van der Waals surface area contributed by atoms with Crippen molar-refractivity contribution < 1.29 is 14.6 Å². The van der Waals surface area contributed by atoms with Gasteiger partial charge in [0.15, 0.2) is 0 Å². The lowest BCUT2D eigenvalue weighted by molar-refractivity contribution is -0.199. The number of hydrogen-bond acceptors (Lipinski definition) is 4. The summed E-state index contributed by atoms with van der Waals surface area (Å²) >= 11 is 0. The van der Waals surface area contributed by atoms with Gasteiger partial charge >= 0.3 is 0 Å². The topological polar surface area (TPSA) is 71.8 Å². The molecule has 1 aromatic rings. The minimum atomic E-state index is -0.327. The predicted octanol–water partition coefficient (Wildman–Crippen LogP) is 0.387. The van der Waals surface area contributed by atoms with Crippen molar-refractivity contribution in [2.75, 3.05) is 20.2 Å². The molecule has 2 fully saturated rings. The van der Waals surface area contributed by atoms with Crippen LogP contribution in [0.15, 0.2) is 23.1 Å². The van der Waals surface area contributed by atoms with Crippen LogP contribution in [0.1, 0.15) is 29.6 Å². The molecule has 1 aliphatic heterocycles. The average molecular weight is 306 g/mol. The minimum absolute atomic E-state index is 0.0618. The van der Waals surface area contributed by atoms with E-state index in [2.05, 4.69) is 0 Å². The molecule has 0 aromatic carbocycles. The Morgan fingerprint density at radius 3 is 2.59 bits per heavy atom. The summed E-state index contributed by atoms with van der Waals surface area (Å²) in [6.45, 7) is 1.22. The molecule has 2 heterocycles. The fourth-order valence-electron chi connectivity index (χ4n) is 3.74. The fourth-order valence-corrected chi connectivity index (χ4v) is 3.74. The standard InChI is InChI=1S/C16H22N2O4/c1-17-10-11(3-4-14(17)20)15(21)18-7-5-16(6-8-18)12(19)9-13(16)22-2/h3-4,10,12-13,19H,5-9H2,1-2H3/t12-,13+/m1/s1. The lowest BCUT2D eigenvalue weighted by Gasteiger charge is -2.56. The first-order valence-corrected chi connectivity index (χ1v) is 7.65. The molecule has 1 aliphatic carbocycles. The van der Waals surface area contributed by atoms with Gasteiger partial charge in [-0.1, -0.05) is 0 Å². The van der Waals surface area contributed by atoms with E-state index in [0.717, 1.165) is 12.8 Å². The van der Waals surface area contributed by atoms with Crippen molar-refractivity contribution >= 4 is 5.91 Å². The van der Waals surface area contributed by atoms with Gasteiger partial charge in [-0.2, -0.15) is 0 Å². The zero-order chi connectivity index (χ0) is 15.9. The van der Waals surface area contributed by atoms with Gasteiger partial charge in [0.2, 0.25) is 5.56 Å². The lowest BCUT2D eigenvalue weighted by atomic mass is 9.58. The van der Waals surface area contributed by atoms with E-state index in [9.17, 15) is 14.7 Å². The van der Waals surface area contributed by atoms with Gasteiger partial charge < -0.3 is 19.3 Å². The molecule has 0 bridgehead atoms. The number of aryl methyl sites for hydroxylation is 1. The van der Waals surface area contributed by atoms with E-state index in [4.69, 9.17) is 4.74 Å². The van der Waals surface area contributed by atoms with E-state index in [-0.39, 0.29) is 29.1 Å². The summed E-state index contributed by atoms with van der Waals surface area (Å²) in [5, 5.41) is 10.1. The maximum Gasteiger partial charge on any atom is 0.255 e. The van der Waals surface area contributed by atoms with Crippen LogP contribution in [0.2, 0.25) is 0 Å². The molecule has 120 valence electrons. The third-order valence-electron chi connectivity index (χ3n) is 5.34. The summed E-state index contributed by atoms with van der Waals surface area (Å²) in [6.07, 6.45) is 3.54. The largest absolute Gasteiger partial charge is 0.392 e. The van der Waals surface area contributed by atoms with E-state index < -0.39 is 0 Å². The first-order chi connectivity index (χ1) is 10.5. The number of piperidine rings is 1. The SMILES string of the molecule is CO[C@H]1C[C@@H](O)C12CCN(C(=O)c1ccc(=O)n(C)c1)CC2. The quantitative estimate of drug-likeness (QED) is 0.858. The first kappa shape index (κ1) is 15.2. The molecular weight excluding hydrogens is 284 g/mol. The number of aromatic nitrogens is 1. The van der Waals surface area contributed by atoms with Crippen LogP contribution in [0, 0.1) is 5.41 Å². The van der Waals surface area contributed by atoms with Crippen LogP contribution in [-0.4, -0.2) is 52.9 Å². The van der Waals surface area contributed by atoms with Gasteiger partial charge in [0.05, 0.1) is 17.8 Å². The van der Waals surface area contributed by atoms with Crippen LogP contribution in [0.4, 0.5) is 0 Å². The molecule has 2 atom stereocenters. The molecule has 2 aliphatic rings. The molecule has 0 radical (unpaired) electrons. The summed E-state index contributed by atoms with van der Waals surface area (Å²) in [7, 11) is 3.32. The van der Waals surface area contributed by atoms with E-state index in [1.54, 1.807) is 31.3 Å². The molecule has 1 N–H and O–H groups in total. The first-order valence-electron chi connectivity index (χ1n) is 7.65. The third kappa shape index (κ3) is 2.27. The number of amides is 1. The number of rotatable bonds is 2. The van der Waals surface area contributed by atoms with Gasteiger partial charge in [-0.05, 0) is 18.9 Å². The number of nitrogens with zero attached hydrogens (tertiary/aromatic N) is 2. The molecular formula is C16H22N2O4. The lowest BCUT2D eigenvalue weighted by Crippen LogP contribution is -2.62. The second kappa shape index (κ2) is 5.52. The summed E-state index contributed by atoms with van der Waals surface area (Å²) in [6, 6.07) is 2.99. The number of pyridine rings is 1. The summed E-state index contributed by atoms with van der Waals surface area (Å²) in [5.74, 6) is -0.0618. The van der Waals surface area contributed by atoms with Crippen LogP contribution >= 0.6 is 0 Å². The number of methoxy groups -OCH3 is 1. The molecule has 3 rings (SSSR count). The molecule has 1 saturated carbocycles. The van der Waals surface area contributed by atoms with Crippen LogP contribution in [-0.2, 0) is 11.8 Å². The van der Waals surface area contributed by atoms with E-state index >= 15 is 0 Å². The highest BCUT2D eigenvalue weighted by Crippen LogP contribution is 2.50. The zero-order valence-corrected chi connectivity index (χ0v) is 13.0. The Balaban J connectivity index is 1.69. The summed E-state index contributed by atoms with van der Waals surface area (Å²) < 4.78 is 6.87. The number of aliphatic hydroxyl groups is 1. The van der Waals surface area contributed by atoms with Crippen molar-refractivity contribution in [3.8, 4) is 0 Å². The highest BCUT2D eigenvalue weighted by molar-refractivity contribution is 5.94. The Bertz CT molecular complexity index is 631. The maximum atomic E-state index is 12.5. The van der Waals surface area contributed by atoms with Gasteiger partial charge in [-0.15, -0.1) is 0 Å². The summed E-state index contributed by atoms with van der Waals surface area (Å²) in [4.78, 5) is 25.7. The van der Waals surface area contributed by atoms with Crippen molar-refractivity contribution in [1.82, 2.24) is 9.47 Å². The molecule has 1 saturated heterocycles. The number of carbonyl (C=O) groups excluding carboxylic acids is 1. The van der Waals surface area contributed by atoms with Gasteiger partial charge in [0, 0.05) is 51.3 Å². The fraction of sp³-hybridized carbons (Fsp3) is 0.625. The maximum absolute atomic E-state index is 12.5. The Hall–Kier alpha value is -1.66. The van der Waals surface area contributed by atoms with Gasteiger partial charge in [-0.25, -0.2) is 0 Å². The van der Waals surface area contributed by atoms with Crippen molar-refractivity contribution in [2.45, 2.75) is 31.5 Å².